The van der Waals surface area contributed by atoms with Gasteiger partial charge in [-0.25, -0.2) is 0 Å². The Bertz CT molecular complexity index is 359. The van der Waals surface area contributed by atoms with Gasteiger partial charge in [-0.2, -0.15) is 0 Å². The molecule has 3 rings (SSSR count). The zero-order valence-electron chi connectivity index (χ0n) is 11.6. The van der Waals surface area contributed by atoms with Gasteiger partial charge in [-0.05, 0) is 31.6 Å². The van der Waals surface area contributed by atoms with Crippen molar-refractivity contribution in [1.29, 1.82) is 0 Å². The third-order valence-electron chi connectivity index (χ3n) is 4.76. The molecule has 0 radical (unpaired) electrons. The van der Waals surface area contributed by atoms with Crippen LogP contribution in [0.2, 0.25) is 0 Å². The van der Waals surface area contributed by atoms with E-state index in [9.17, 15) is 9.59 Å². The molecule has 3 aliphatic rings. The average Bonchev–Trinajstić information content (AvgIpc) is 3.25. The summed E-state index contributed by atoms with van der Waals surface area (Å²) in [7, 11) is 0. The molecule has 0 atom stereocenters. The predicted octanol–water partition coefficient (Wildman–Crippen LogP) is 1.65. The first-order valence-electron chi connectivity index (χ1n) is 7.80. The molecule has 19 heavy (non-hydrogen) atoms. The van der Waals surface area contributed by atoms with E-state index >= 15 is 0 Å². The minimum atomic E-state index is 0.155. The van der Waals surface area contributed by atoms with E-state index in [1.54, 1.807) is 0 Å². The van der Waals surface area contributed by atoms with E-state index in [-0.39, 0.29) is 17.7 Å². The molecule has 0 spiro atoms. The van der Waals surface area contributed by atoms with Crippen LogP contribution in [0.5, 0.6) is 0 Å². The Balaban J connectivity index is 1.52. The first-order valence-corrected chi connectivity index (χ1v) is 7.80. The van der Waals surface area contributed by atoms with Crippen molar-refractivity contribution >= 4 is 11.8 Å². The molecule has 2 aliphatic carbocycles. The summed E-state index contributed by atoms with van der Waals surface area (Å²) in [5.41, 5.74) is 0. The third-order valence-corrected chi connectivity index (χ3v) is 4.76. The highest BCUT2D eigenvalue weighted by atomic mass is 16.2. The molecule has 0 aromatic heterocycles. The van der Waals surface area contributed by atoms with E-state index in [0.717, 1.165) is 38.4 Å². The molecule has 2 saturated carbocycles. The van der Waals surface area contributed by atoms with Gasteiger partial charge in [0.15, 0.2) is 0 Å². The molecule has 0 aromatic rings. The topological polar surface area (TPSA) is 40.6 Å². The summed E-state index contributed by atoms with van der Waals surface area (Å²) >= 11 is 0. The van der Waals surface area contributed by atoms with Gasteiger partial charge in [0.2, 0.25) is 11.8 Å². The van der Waals surface area contributed by atoms with Crippen LogP contribution in [0.3, 0.4) is 0 Å². The number of carbonyl (C=O) groups is 2. The highest BCUT2D eigenvalue weighted by Gasteiger charge is 2.34. The van der Waals surface area contributed by atoms with Crippen molar-refractivity contribution in [3.63, 3.8) is 0 Å². The molecular weight excluding hydrogens is 240 g/mol. The molecule has 1 aliphatic heterocycles. The number of nitrogens with zero attached hydrogens (tertiary/aromatic N) is 2. The van der Waals surface area contributed by atoms with Crippen molar-refractivity contribution in [3.8, 4) is 0 Å². The minimum Gasteiger partial charge on any atom is -0.339 e. The molecule has 0 N–H and O–H groups in total. The minimum absolute atomic E-state index is 0.155. The third kappa shape index (κ3) is 3.10. The summed E-state index contributed by atoms with van der Waals surface area (Å²) in [4.78, 5) is 28.3. The lowest BCUT2D eigenvalue weighted by Gasteiger charge is -2.36. The number of hydrogen-bond acceptors (Lipinski definition) is 2. The van der Waals surface area contributed by atoms with E-state index in [1.165, 1.54) is 32.1 Å². The van der Waals surface area contributed by atoms with Gasteiger partial charge in [0.05, 0.1) is 6.54 Å². The highest BCUT2D eigenvalue weighted by molar-refractivity contribution is 5.87. The summed E-state index contributed by atoms with van der Waals surface area (Å²) in [5.74, 6) is 1.32. The molecule has 1 saturated heterocycles. The van der Waals surface area contributed by atoms with Gasteiger partial charge in [-0.1, -0.05) is 19.3 Å². The SMILES string of the molecule is O=C1CN(C(=O)C2CCCCC2)CCN1CC1CC1. The van der Waals surface area contributed by atoms with Gasteiger partial charge in [-0.15, -0.1) is 0 Å². The van der Waals surface area contributed by atoms with Gasteiger partial charge < -0.3 is 9.80 Å². The molecule has 4 nitrogen and oxygen atoms in total. The maximum Gasteiger partial charge on any atom is 0.242 e. The van der Waals surface area contributed by atoms with Gasteiger partial charge in [-0.3, -0.25) is 9.59 Å². The lowest BCUT2D eigenvalue weighted by atomic mass is 9.88. The normalized spacial score (nSPS) is 25.8. The fourth-order valence-electron chi connectivity index (χ4n) is 3.31. The Morgan fingerprint density at radius 1 is 1.05 bits per heavy atom. The fourth-order valence-corrected chi connectivity index (χ4v) is 3.31. The van der Waals surface area contributed by atoms with Crippen LogP contribution in [0, 0.1) is 11.8 Å². The number of amides is 2. The predicted molar refractivity (Wildman–Crippen MR) is 72.5 cm³/mol. The fraction of sp³-hybridized carbons (Fsp3) is 0.867. The van der Waals surface area contributed by atoms with E-state index in [1.807, 2.05) is 9.80 Å². The van der Waals surface area contributed by atoms with Crippen LogP contribution >= 0.6 is 0 Å². The zero-order valence-corrected chi connectivity index (χ0v) is 11.6. The molecule has 0 unspecified atom stereocenters. The first-order chi connectivity index (χ1) is 9.24. The molecule has 0 bridgehead atoms. The summed E-state index contributed by atoms with van der Waals surface area (Å²) in [6.07, 6.45) is 8.20. The Labute approximate surface area is 115 Å². The Kier molecular flexibility index (Phi) is 3.76. The van der Waals surface area contributed by atoms with Crippen LogP contribution in [0.4, 0.5) is 0 Å². The zero-order chi connectivity index (χ0) is 13.2. The van der Waals surface area contributed by atoms with Crippen molar-refractivity contribution in [2.24, 2.45) is 11.8 Å². The summed E-state index contributed by atoms with van der Waals surface area (Å²) < 4.78 is 0. The van der Waals surface area contributed by atoms with Gasteiger partial charge in [0.25, 0.3) is 0 Å². The largest absolute Gasteiger partial charge is 0.339 e. The molecule has 2 amide bonds. The second-order valence-electron chi connectivity index (χ2n) is 6.38. The van der Waals surface area contributed by atoms with Crippen molar-refractivity contribution in [3.05, 3.63) is 0 Å². The van der Waals surface area contributed by atoms with Gasteiger partial charge in [0.1, 0.15) is 0 Å². The quantitative estimate of drug-likeness (QED) is 0.777. The van der Waals surface area contributed by atoms with Crippen LogP contribution in [0.15, 0.2) is 0 Å². The van der Waals surface area contributed by atoms with E-state index in [4.69, 9.17) is 0 Å². The van der Waals surface area contributed by atoms with Crippen molar-refractivity contribution in [2.75, 3.05) is 26.2 Å². The van der Waals surface area contributed by atoms with Crippen LogP contribution < -0.4 is 0 Å². The molecular formula is C15H24N2O2. The highest BCUT2D eigenvalue weighted by Crippen LogP contribution is 2.30. The monoisotopic (exact) mass is 264 g/mol. The van der Waals surface area contributed by atoms with E-state index < -0.39 is 0 Å². The first kappa shape index (κ1) is 12.9. The second kappa shape index (κ2) is 5.51. The second-order valence-corrected chi connectivity index (χ2v) is 6.38. The Hall–Kier alpha value is -1.06. The van der Waals surface area contributed by atoms with Crippen LogP contribution in [-0.2, 0) is 9.59 Å². The van der Waals surface area contributed by atoms with Gasteiger partial charge in [0, 0.05) is 25.6 Å². The van der Waals surface area contributed by atoms with Crippen LogP contribution in [-0.4, -0.2) is 47.8 Å². The number of rotatable bonds is 3. The molecule has 3 fully saturated rings. The lowest BCUT2D eigenvalue weighted by molar-refractivity contribution is -0.148. The smallest absolute Gasteiger partial charge is 0.242 e. The Morgan fingerprint density at radius 3 is 2.42 bits per heavy atom. The Morgan fingerprint density at radius 2 is 1.79 bits per heavy atom. The van der Waals surface area contributed by atoms with Gasteiger partial charge >= 0.3 is 0 Å². The molecule has 4 heteroatoms. The van der Waals surface area contributed by atoms with Crippen molar-refractivity contribution in [2.45, 2.75) is 44.9 Å². The molecule has 0 aromatic carbocycles. The number of piperazine rings is 1. The standard InChI is InChI=1S/C15H24N2O2/c18-14-11-17(9-8-16(14)10-12-6-7-12)15(19)13-4-2-1-3-5-13/h12-13H,1-11H2. The number of carbonyl (C=O) groups excluding carboxylic acids is 2. The average molecular weight is 264 g/mol. The van der Waals surface area contributed by atoms with Crippen LogP contribution in [0.1, 0.15) is 44.9 Å². The molecule has 106 valence electrons. The van der Waals surface area contributed by atoms with E-state index in [2.05, 4.69) is 0 Å². The van der Waals surface area contributed by atoms with Crippen molar-refractivity contribution < 1.29 is 9.59 Å². The van der Waals surface area contributed by atoms with E-state index in [0.29, 0.717) is 6.54 Å². The van der Waals surface area contributed by atoms with Crippen LogP contribution in [0.25, 0.3) is 0 Å². The maximum atomic E-state index is 12.4. The summed E-state index contributed by atoms with van der Waals surface area (Å²) in [5, 5.41) is 0. The van der Waals surface area contributed by atoms with Crippen molar-refractivity contribution in [1.82, 2.24) is 9.80 Å². The maximum absolute atomic E-state index is 12.4. The summed E-state index contributed by atoms with van der Waals surface area (Å²) in [6.45, 7) is 2.73. The lowest BCUT2D eigenvalue weighted by Crippen LogP contribution is -2.54. The number of hydrogen-bond donors (Lipinski definition) is 0. The molecule has 1 heterocycles. The summed E-state index contributed by atoms with van der Waals surface area (Å²) in [6, 6.07) is 0.